The lowest BCUT2D eigenvalue weighted by Crippen LogP contribution is -2.63. The number of hydrogen-bond acceptors (Lipinski definition) is 5. The lowest BCUT2D eigenvalue weighted by molar-refractivity contribution is -0.137. The number of aromatic nitrogens is 2. The lowest BCUT2D eigenvalue weighted by Gasteiger charge is -2.43. The van der Waals surface area contributed by atoms with Crippen molar-refractivity contribution < 1.29 is 9.59 Å². The monoisotopic (exact) mass is 322 g/mol. The van der Waals surface area contributed by atoms with Crippen LogP contribution in [-0.2, 0) is 15.0 Å². The average molecular weight is 322 g/mol. The van der Waals surface area contributed by atoms with Crippen LogP contribution >= 0.6 is 0 Å². The maximum atomic E-state index is 13.1. The molecule has 0 aliphatic carbocycles. The fourth-order valence-corrected chi connectivity index (χ4v) is 3.49. The highest BCUT2D eigenvalue weighted by Gasteiger charge is 2.50. The van der Waals surface area contributed by atoms with Gasteiger partial charge in [0.05, 0.1) is 16.3 Å². The third kappa shape index (κ3) is 2.02. The maximum absolute atomic E-state index is 13.1. The number of imide groups is 1. The van der Waals surface area contributed by atoms with E-state index in [9.17, 15) is 14.4 Å². The topological polar surface area (TPSA) is 107 Å². The van der Waals surface area contributed by atoms with Crippen molar-refractivity contribution in [3.05, 3.63) is 34.4 Å². The molecule has 3 unspecified atom stereocenters. The molecule has 1 aliphatic rings. The van der Waals surface area contributed by atoms with Gasteiger partial charge in [-0.05, 0) is 24.9 Å². The third-order valence-corrected chi connectivity index (χ3v) is 5.31. The second kappa shape index (κ2) is 5.26. The minimum Gasteiger partial charge on any atom is -0.398 e. The molecule has 2 heterocycles. The molecule has 1 saturated heterocycles. The summed E-state index contributed by atoms with van der Waals surface area (Å²) in [6.45, 7) is 1.68. The number of nitrogens with two attached hydrogens (primary N) is 1. The van der Waals surface area contributed by atoms with Crippen molar-refractivity contribution in [1.29, 1.82) is 0 Å². The molecule has 3 atom stereocenters. The molecule has 2 amide bonds. The molecule has 120 valence electrons. The lowest BCUT2D eigenvalue weighted by atomic mass is 9.49. The first kappa shape index (κ1) is 16.4. The number of nitrogens with one attached hydrogen (secondary N) is 1. The van der Waals surface area contributed by atoms with E-state index in [1.165, 1.54) is 4.57 Å². The number of piperidine rings is 1. The Labute approximate surface area is 141 Å². The number of rotatable bonds is 1. The van der Waals surface area contributed by atoms with Gasteiger partial charge in [-0.25, -0.2) is 4.98 Å². The highest BCUT2D eigenvalue weighted by atomic mass is 16.2. The Morgan fingerprint density at radius 3 is 2.62 bits per heavy atom. The van der Waals surface area contributed by atoms with Crippen LogP contribution in [0.3, 0.4) is 0 Å². The highest BCUT2D eigenvalue weighted by molar-refractivity contribution is 6.41. The summed E-state index contributed by atoms with van der Waals surface area (Å²) in [6, 6.07) is 5.07. The number of carbonyl (C=O) groups is 2. The second-order valence-corrected chi connectivity index (χ2v) is 6.58. The molecule has 1 aliphatic heterocycles. The van der Waals surface area contributed by atoms with Crippen LogP contribution in [0, 0.1) is 6.92 Å². The molecule has 3 rings (SSSR count). The van der Waals surface area contributed by atoms with Crippen molar-refractivity contribution in [2.75, 3.05) is 5.73 Å². The molecule has 24 heavy (non-hydrogen) atoms. The van der Waals surface area contributed by atoms with Crippen molar-refractivity contribution in [1.82, 2.24) is 14.9 Å². The van der Waals surface area contributed by atoms with Gasteiger partial charge in [-0.1, -0.05) is 6.07 Å². The van der Waals surface area contributed by atoms with Crippen molar-refractivity contribution in [2.24, 2.45) is 0 Å². The van der Waals surface area contributed by atoms with Crippen LogP contribution in [0.4, 0.5) is 5.69 Å². The molecule has 7 nitrogen and oxygen atoms in total. The fraction of sp³-hybridized carbons (Fsp3) is 0.286. The van der Waals surface area contributed by atoms with Gasteiger partial charge < -0.3 is 5.73 Å². The summed E-state index contributed by atoms with van der Waals surface area (Å²) >= 11 is 0. The van der Waals surface area contributed by atoms with Crippen LogP contribution in [0.5, 0.6) is 0 Å². The number of amides is 2. The minimum absolute atomic E-state index is 0.286. The maximum Gasteiger partial charge on any atom is 0.263 e. The van der Waals surface area contributed by atoms with Gasteiger partial charge >= 0.3 is 0 Å². The van der Waals surface area contributed by atoms with Gasteiger partial charge in [0, 0.05) is 11.5 Å². The van der Waals surface area contributed by atoms with Gasteiger partial charge in [-0.2, -0.15) is 0 Å². The van der Waals surface area contributed by atoms with Crippen LogP contribution < -0.4 is 16.6 Å². The van der Waals surface area contributed by atoms with E-state index < -0.39 is 17.2 Å². The smallest absolute Gasteiger partial charge is 0.263 e. The van der Waals surface area contributed by atoms with E-state index in [2.05, 4.69) is 10.3 Å². The Hall–Kier alpha value is -2.51. The zero-order valence-corrected chi connectivity index (χ0v) is 14.1. The molecule has 1 fully saturated rings. The Kier molecular flexibility index (Phi) is 3.58. The Balaban J connectivity index is 2.37. The third-order valence-electron chi connectivity index (χ3n) is 5.31. The molecule has 2 aromatic rings. The van der Waals surface area contributed by atoms with E-state index in [4.69, 9.17) is 5.73 Å². The average Bonchev–Trinajstić information content (AvgIpc) is 2.51. The summed E-state index contributed by atoms with van der Waals surface area (Å²) in [5.41, 5.74) is 5.17. The Bertz CT molecular complexity index is 945. The zero-order chi connectivity index (χ0) is 17.8. The molecule has 0 bridgehead atoms. The summed E-state index contributed by atoms with van der Waals surface area (Å²) in [5.74, 6) is -1.21. The quantitative estimate of drug-likeness (QED) is 0.332. The number of carbonyl (C=O) groups excluding carboxylic acids is 2. The van der Waals surface area contributed by atoms with E-state index in [1.54, 1.807) is 48.7 Å². The van der Waals surface area contributed by atoms with Crippen LogP contribution in [-0.4, -0.2) is 44.9 Å². The van der Waals surface area contributed by atoms with Crippen LogP contribution in [0.25, 0.3) is 10.9 Å². The second-order valence-electron chi connectivity index (χ2n) is 6.58. The number of nitrogens with zero attached hydrogens (tertiary/aromatic N) is 2. The van der Waals surface area contributed by atoms with Gasteiger partial charge in [0.1, 0.15) is 29.4 Å². The molecular formula is C14H17B3N4O3. The summed E-state index contributed by atoms with van der Waals surface area (Å²) in [5, 5.41) is 2.66. The fourth-order valence-electron chi connectivity index (χ4n) is 3.49. The van der Waals surface area contributed by atoms with E-state index in [-0.39, 0.29) is 22.7 Å². The van der Waals surface area contributed by atoms with Gasteiger partial charge in [0.2, 0.25) is 11.8 Å². The van der Waals surface area contributed by atoms with Gasteiger partial charge in [0.15, 0.2) is 0 Å². The Morgan fingerprint density at radius 1 is 1.29 bits per heavy atom. The van der Waals surface area contributed by atoms with Crippen molar-refractivity contribution in [3.8, 4) is 0 Å². The molecule has 0 saturated carbocycles. The first-order valence-corrected chi connectivity index (χ1v) is 7.83. The molecule has 3 N–H and O–H groups in total. The van der Waals surface area contributed by atoms with E-state index in [0.717, 1.165) is 0 Å². The summed E-state index contributed by atoms with van der Waals surface area (Å²) in [4.78, 5) is 42.2. The zero-order valence-electron chi connectivity index (χ0n) is 14.1. The standard InChI is InChI=1S/C14H17B3N4O3/c1-5-19-7-4-2-3-6(18)8(7)12(23)21(5)14(17)10(16)9(15)11(22)20-13(14)24/h2-4,9-10H,15-18H2,1H3,(H,20,22,24). The molecule has 10 heteroatoms. The van der Waals surface area contributed by atoms with Gasteiger partial charge in [0.25, 0.3) is 5.56 Å². The summed E-state index contributed by atoms with van der Waals surface area (Å²) < 4.78 is 1.37. The SMILES string of the molecule is BC1C(=O)NC(=O)C(B)(n2c(C)nc3cccc(N)c3c2=O)C1B. The molecule has 1 aromatic heterocycles. The number of anilines is 1. The normalized spacial score (nSPS) is 27.2. The van der Waals surface area contributed by atoms with Crippen molar-refractivity contribution in [2.45, 2.75) is 24.0 Å². The van der Waals surface area contributed by atoms with Crippen LogP contribution in [0.2, 0.25) is 11.6 Å². The highest BCUT2D eigenvalue weighted by Crippen LogP contribution is 2.38. The number of fused-ring (bicyclic) bond motifs is 1. The molecular weight excluding hydrogens is 305 g/mol. The van der Waals surface area contributed by atoms with Crippen LogP contribution in [0.15, 0.2) is 23.0 Å². The van der Waals surface area contributed by atoms with Gasteiger partial charge in [-0.15, -0.1) is 0 Å². The molecule has 0 radical (unpaired) electrons. The minimum atomic E-state index is -1.22. The van der Waals surface area contributed by atoms with E-state index in [1.807, 2.05) is 0 Å². The Morgan fingerprint density at radius 2 is 1.96 bits per heavy atom. The van der Waals surface area contributed by atoms with Crippen LogP contribution in [0.1, 0.15) is 5.82 Å². The number of benzene rings is 1. The molecule has 0 spiro atoms. The van der Waals surface area contributed by atoms with E-state index in [0.29, 0.717) is 17.0 Å². The number of hydrogen-bond donors (Lipinski definition) is 2. The van der Waals surface area contributed by atoms with Gasteiger partial charge in [-0.3, -0.25) is 24.3 Å². The first-order chi connectivity index (χ1) is 11.2. The predicted molar refractivity (Wildman–Crippen MR) is 99.4 cm³/mol. The largest absolute Gasteiger partial charge is 0.398 e. The van der Waals surface area contributed by atoms with Crippen molar-refractivity contribution in [3.63, 3.8) is 0 Å². The number of aryl methyl sites for hydroxylation is 1. The predicted octanol–water partition coefficient (Wildman–Crippen LogP) is -2.93. The summed E-state index contributed by atoms with van der Waals surface area (Å²) in [6.07, 6.45) is 0. The summed E-state index contributed by atoms with van der Waals surface area (Å²) in [7, 11) is 5.20. The number of nitrogen functional groups attached to an aromatic ring is 1. The molecule has 1 aromatic carbocycles. The first-order valence-electron chi connectivity index (χ1n) is 7.83. The van der Waals surface area contributed by atoms with E-state index >= 15 is 0 Å². The van der Waals surface area contributed by atoms with Crippen molar-refractivity contribution >= 4 is 51.9 Å².